The summed E-state index contributed by atoms with van der Waals surface area (Å²) in [4.78, 5) is 40.0. The van der Waals surface area contributed by atoms with Gasteiger partial charge in [0.2, 0.25) is 6.29 Å². The molecule has 172 valence electrons. The number of carbonyl (C=O) groups excluding carboxylic acids is 3. The molecular formula is C21H29NO9. The minimum atomic E-state index is -0.864. The maximum Gasteiger partial charge on any atom is 0.320 e. The molecule has 10 nitrogen and oxygen atoms in total. The number of fused-ring (bicyclic) bond motifs is 1. The first-order chi connectivity index (χ1) is 15.1. The lowest BCUT2D eigenvalue weighted by Crippen LogP contribution is -2.50. The van der Waals surface area contributed by atoms with Gasteiger partial charge < -0.3 is 28.4 Å². The monoisotopic (exact) mass is 439 g/mol. The van der Waals surface area contributed by atoms with Crippen LogP contribution in [0.4, 0.5) is 0 Å². The van der Waals surface area contributed by atoms with Crippen LogP contribution in [0.2, 0.25) is 0 Å². The number of esters is 3. The summed E-state index contributed by atoms with van der Waals surface area (Å²) in [7, 11) is 1.52. The van der Waals surface area contributed by atoms with E-state index in [0.717, 1.165) is 25.7 Å². The van der Waals surface area contributed by atoms with Crippen molar-refractivity contribution in [1.82, 2.24) is 4.90 Å². The van der Waals surface area contributed by atoms with Crippen LogP contribution in [0.25, 0.3) is 0 Å². The third-order valence-corrected chi connectivity index (χ3v) is 7.15. The summed E-state index contributed by atoms with van der Waals surface area (Å²) >= 11 is 0. The highest BCUT2D eigenvalue weighted by molar-refractivity contribution is 5.87. The summed E-state index contributed by atoms with van der Waals surface area (Å²) in [5.74, 6) is -2.92. The van der Waals surface area contributed by atoms with E-state index >= 15 is 0 Å². The van der Waals surface area contributed by atoms with Gasteiger partial charge in [0.1, 0.15) is 24.0 Å². The molecule has 7 unspecified atom stereocenters. The minimum Gasteiger partial charge on any atom is -0.455 e. The molecule has 0 amide bonds. The lowest BCUT2D eigenvalue weighted by atomic mass is 9.78. The van der Waals surface area contributed by atoms with Gasteiger partial charge in [-0.3, -0.25) is 19.3 Å². The van der Waals surface area contributed by atoms with Gasteiger partial charge in [0.15, 0.2) is 12.2 Å². The Morgan fingerprint density at radius 2 is 1.87 bits per heavy atom. The van der Waals surface area contributed by atoms with Crippen molar-refractivity contribution in [2.24, 2.45) is 17.8 Å². The van der Waals surface area contributed by atoms with E-state index in [9.17, 15) is 14.4 Å². The smallest absolute Gasteiger partial charge is 0.320 e. The number of methoxy groups -OCH3 is 1. The van der Waals surface area contributed by atoms with E-state index in [4.69, 9.17) is 28.4 Å². The van der Waals surface area contributed by atoms with Crippen molar-refractivity contribution in [2.45, 2.75) is 56.4 Å². The molecule has 4 saturated heterocycles. The highest BCUT2D eigenvalue weighted by Gasteiger charge is 2.72. The molecule has 0 N–H and O–H groups in total. The lowest BCUT2D eigenvalue weighted by molar-refractivity contribution is -0.194. The maximum atomic E-state index is 13.1. The molecular weight excluding hydrogens is 410 g/mol. The second kappa shape index (κ2) is 8.65. The van der Waals surface area contributed by atoms with E-state index in [1.165, 1.54) is 7.11 Å². The summed E-state index contributed by atoms with van der Waals surface area (Å²) in [6.45, 7) is 2.56. The molecule has 1 saturated carbocycles. The Balaban J connectivity index is 1.26. The molecule has 5 fully saturated rings. The summed E-state index contributed by atoms with van der Waals surface area (Å²) in [6, 6.07) is 0. The Morgan fingerprint density at radius 3 is 2.58 bits per heavy atom. The largest absolute Gasteiger partial charge is 0.455 e. The molecule has 0 aromatic heterocycles. The van der Waals surface area contributed by atoms with Crippen LogP contribution < -0.4 is 0 Å². The van der Waals surface area contributed by atoms with E-state index in [2.05, 4.69) is 0 Å². The number of nitrogens with zero attached hydrogens (tertiary/aromatic N) is 1. The minimum absolute atomic E-state index is 0.115. The summed E-state index contributed by atoms with van der Waals surface area (Å²) in [6.07, 6.45) is 0.554. The molecule has 1 aliphatic carbocycles. The second-order valence-electron chi connectivity index (χ2n) is 8.95. The van der Waals surface area contributed by atoms with Gasteiger partial charge >= 0.3 is 17.9 Å². The lowest BCUT2D eigenvalue weighted by Gasteiger charge is -2.30. The molecule has 0 aromatic rings. The third-order valence-electron chi connectivity index (χ3n) is 7.15. The SMILES string of the molecule is COC(OC(=O)C1C2OC3C(OC(=O)C31)C2OC(=O)CN1CCOCC1)C1CCCC1. The number of morpholine rings is 1. The number of rotatable bonds is 7. The van der Waals surface area contributed by atoms with Crippen LogP contribution in [0.1, 0.15) is 25.7 Å². The zero-order valence-corrected chi connectivity index (χ0v) is 17.6. The normalized spacial score (nSPS) is 38.3. The molecule has 0 aromatic carbocycles. The summed E-state index contributed by atoms with van der Waals surface area (Å²) < 4.78 is 33.4. The summed E-state index contributed by atoms with van der Waals surface area (Å²) in [5.41, 5.74) is 0. The van der Waals surface area contributed by atoms with Gasteiger partial charge in [-0.1, -0.05) is 12.8 Å². The van der Waals surface area contributed by atoms with Gasteiger partial charge in [-0.2, -0.15) is 0 Å². The van der Waals surface area contributed by atoms with Gasteiger partial charge in [-0.15, -0.1) is 0 Å². The maximum absolute atomic E-state index is 13.1. The van der Waals surface area contributed by atoms with Crippen molar-refractivity contribution < 1.29 is 42.8 Å². The zero-order chi connectivity index (χ0) is 21.5. The molecule has 2 bridgehead atoms. The molecule has 5 aliphatic rings. The van der Waals surface area contributed by atoms with Crippen LogP contribution in [0.3, 0.4) is 0 Å². The molecule has 4 aliphatic heterocycles. The molecule has 31 heavy (non-hydrogen) atoms. The van der Waals surface area contributed by atoms with Gasteiger partial charge in [-0.05, 0) is 12.8 Å². The van der Waals surface area contributed by atoms with Crippen molar-refractivity contribution >= 4 is 17.9 Å². The quantitative estimate of drug-likeness (QED) is 0.302. The predicted octanol–water partition coefficient (Wildman–Crippen LogP) is -0.125. The fourth-order valence-corrected chi connectivity index (χ4v) is 5.63. The van der Waals surface area contributed by atoms with Crippen LogP contribution in [0.15, 0.2) is 0 Å². The molecule has 0 radical (unpaired) electrons. The fraction of sp³-hybridized carbons (Fsp3) is 0.857. The molecule has 10 heteroatoms. The van der Waals surface area contributed by atoms with Gasteiger partial charge in [0.05, 0.1) is 19.8 Å². The van der Waals surface area contributed by atoms with E-state index in [1.807, 2.05) is 4.90 Å². The molecule has 5 rings (SSSR count). The number of hydrogen-bond donors (Lipinski definition) is 0. The van der Waals surface area contributed by atoms with Crippen molar-refractivity contribution in [1.29, 1.82) is 0 Å². The van der Waals surface area contributed by atoms with E-state index < -0.39 is 60.4 Å². The molecule has 4 heterocycles. The summed E-state index contributed by atoms with van der Waals surface area (Å²) in [5, 5.41) is 0. The topological polar surface area (TPSA) is 110 Å². The van der Waals surface area contributed by atoms with Crippen molar-refractivity contribution in [3.8, 4) is 0 Å². The van der Waals surface area contributed by atoms with Gasteiger partial charge in [-0.25, -0.2) is 0 Å². The van der Waals surface area contributed by atoms with Gasteiger partial charge in [0.25, 0.3) is 0 Å². The highest BCUT2D eigenvalue weighted by Crippen LogP contribution is 2.51. The highest BCUT2D eigenvalue weighted by atomic mass is 16.7. The van der Waals surface area contributed by atoms with E-state index in [1.54, 1.807) is 0 Å². The van der Waals surface area contributed by atoms with Crippen molar-refractivity contribution in [3.63, 3.8) is 0 Å². The zero-order valence-electron chi connectivity index (χ0n) is 17.6. The Hall–Kier alpha value is -1.75. The van der Waals surface area contributed by atoms with E-state index in [-0.39, 0.29) is 12.5 Å². The fourth-order valence-electron chi connectivity index (χ4n) is 5.63. The average Bonchev–Trinajstić information content (AvgIpc) is 3.52. The first-order valence-electron chi connectivity index (χ1n) is 11.2. The van der Waals surface area contributed by atoms with Crippen molar-refractivity contribution in [3.05, 3.63) is 0 Å². The number of ether oxygens (including phenoxy) is 6. The van der Waals surface area contributed by atoms with Crippen LogP contribution in [-0.2, 0) is 42.8 Å². The number of carbonyl (C=O) groups is 3. The van der Waals surface area contributed by atoms with Crippen LogP contribution >= 0.6 is 0 Å². The number of hydrogen-bond acceptors (Lipinski definition) is 10. The van der Waals surface area contributed by atoms with Crippen LogP contribution in [0.5, 0.6) is 0 Å². The Morgan fingerprint density at radius 1 is 1.13 bits per heavy atom. The Kier molecular flexibility index (Phi) is 5.89. The second-order valence-corrected chi connectivity index (χ2v) is 8.95. The Labute approximate surface area is 180 Å². The average molecular weight is 439 g/mol. The van der Waals surface area contributed by atoms with E-state index in [0.29, 0.717) is 26.3 Å². The Bertz CT molecular complexity index is 718. The molecule has 7 atom stereocenters. The third kappa shape index (κ3) is 3.83. The first-order valence-corrected chi connectivity index (χ1v) is 11.2. The van der Waals surface area contributed by atoms with Crippen molar-refractivity contribution in [2.75, 3.05) is 40.0 Å². The molecule has 0 spiro atoms. The van der Waals surface area contributed by atoms with Crippen LogP contribution in [0, 0.1) is 17.8 Å². The predicted molar refractivity (Wildman–Crippen MR) is 102 cm³/mol. The van der Waals surface area contributed by atoms with Gasteiger partial charge in [0, 0.05) is 26.1 Å². The standard InChI is InChI=1S/C21H29NO9/c1-26-21(11-4-2-3-5-11)31-20(25)14-13-16-18(30-19(13)24)17(15(14)29-16)28-12(23)10-22-6-8-27-9-7-22/h11,13-18,21H,2-10H2,1H3. The first kappa shape index (κ1) is 21.1. The van der Waals surface area contributed by atoms with Crippen LogP contribution in [-0.4, -0.2) is 93.5 Å².